The van der Waals surface area contributed by atoms with Gasteiger partial charge in [0.05, 0.1) is 65.4 Å². The van der Waals surface area contributed by atoms with E-state index in [1.54, 1.807) is 81.0 Å². The predicted molar refractivity (Wildman–Crippen MR) is 570 cm³/mol. The average molecular weight is 2120 g/mol. The Bertz CT molecular complexity index is 7330. The Hall–Kier alpha value is -12.9. The number of phenolic OH excluding ortho intramolecular Hbond substituents is 1. The van der Waals surface area contributed by atoms with Crippen molar-refractivity contribution in [3.8, 4) is 63.3 Å². The second kappa shape index (κ2) is 48.0. The summed E-state index contributed by atoms with van der Waals surface area (Å²) < 4.78 is 57.8. The van der Waals surface area contributed by atoms with Crippen molar-refractivity contribution in [3.05, 3.63) is 301 Å². The molecule has 4 aliphatic rings. The van der Waals surface area contributed by atoms with Crippen LogP contribution in [0.5, 0.6) is 40.2 Å². The molecule has 7 aromatic carbocycles. The van der Waals surface area contributed by atoms with Crippen LogP contribution in [0.2, 0.25) is 10.0 Å². The molecular formula is C113H119Br2Cl2N11O14S. The van der Waals surface area contributed by atoms with Gasteiger partial charge in [0.25, 0.3) is 11.1 Å². The number of phenols is 1. The number of nitrogens with two attached hydrogens (primary N) is 1. The van der Waals surface area contributed by atoms with E-state index >= 15 is 0 Å². The molecule has 0 atom stereocenters. The minimum Gasteiger partial charge on any atom is -0.507 e. The summed E-state index contributed by atoms with van der Waals surface area (Å²) in [4.78, 5) is 77.9. The quantitative estimate of drug-likeness (QED) is 0.0396. The number of hydrogen-bond donors (Lipinski definition) is 3. The number of thiazole rings is 1. The molecule has 0 spiro atoms. The number of hydrogen-bond acceptors (Lipinski definition) is 22. The first-order valence-corrected chi connectivity index (χ1v) is 51.6. The van der Waals surface area contributed by atoms with Gasteiger partial charge in [0.2, 0.25) is 0 Å². The Morgan fingerprint density at radius 1 is 0.524 bits per heavy atom. The highest BCUT2D eigenvalue weighted by atomic mass is 79.9. The van der Waals surface area contributed by atoms with Crippen molar-refractivity contribution < 1.29 is 56.4 Å². The van der Waals surface area contributed by atoms with Gasteiger partial charge in [-0.2, -0.15) is 0 Å². The van der Waals surface area contributed by atoms with Gasteiger partial charge >= 0.3 is 11.8 Å². The molecule has 20 rings (SSSR count). The number of para-hydroxylation sites is 1. The maximum atomic E-state index is 12.8. The summed E-state index contributed by atoms with van der Waals surface area (Å²) in [7, 11) is 4.93. The zero-order chi connectivity index (χ0) is 101. The summed E-state index contributed by atoms with van der Waals surface area (Å²) >= 11 is 20.9. The van der Waals surface area contributed by atoms with Crippen LogP contribution in [-0.4, -0.2) is 101 Å². The van der Waals surface area contributed by atoms with Gasteiger partial charge in [-0.25, -0.2) is 29.9 Å². The minimum atomic E-state index is -0.994. The number of methoxy groups -OCH3 is 3. The summed E-state index contributed by atoms with van der Waals surface area (Å²) in [5.41, 5.74) is 19.2. The number of amides is 2. The zero-order valence-electron chi connectivity index (χ0n) is 82.5. The molecule has 9 aromatic heterocycles. The molecule has 744 valence electrons. The Balaban J connectivity index is 0.000000131. The molecule has 25 nitrogen and oxygen atoms in total. The van der Waals surface area contributed by atoms with Crippen molar-refractivity contribution >= 4 is 134 Å². The van der Waals surface area contributed by atoms with E-state index in [2.05, 4.69) is 151 Å². The molecule has 4 saturated carbocycles. The highest BCUT2D eigenvalue weighted by molar-refractivity contribution is 9.11. The Morgan fingerprint density at radius 2 is 1.02 bits per heavy atom. The Kier molecular flexibility index (Phi) is 35.0. The molecule has 0 saturated heterocycles. The number of aromatic hydroxyl groups is 1. The normalized spacial score (nSPS) is 13.7. The van der Waals surface area contributed by atoms with Crippen LogP contribution in [0.1, 0.15) is 219 Å². The number of aryl methyl sites for hydroxylation is 2. The molecule has 4 aliphatic carbocycles. The third-order valence-corrected chi connectivity index (χ3v) is 27.3. The third kappa shape index (κ3) is 27.8. The monoisotopic (exact) mass is 2110 g/mol. The van der Waals surface area contributed by atoms with E-state index in [0.717, 1.165) is 178 Å². The molecule has 30 heteroatoms. The number of fused-ring (bicyclic) bond motifs is 5. The van der Waals surface area contributed by atoms with E-state index in [-0.39, 0.29) is 40.7 Å². The van der Waals surface area contributed by atoms with E-state index < -0.39 is 11.8 Å². The number of carbonyl (C=O) groups is 2. The maximum Gasteiger partial charge on any atom is 0.309 e. The summed E-state index contributed by atoms with van der Waals surface area (Å²) in [6.07, 6.45) is 26.6. The molecule has 4 N–H and O–H groups in total. The number of halogens is 4. The fourth-order valence-electron chi connectivity index (χ4n) is 17.4. The van der Waals surface area contributed by atoms with Crippen LogP contribution < -0.4 is 50.6 Å². The van der Waals surface area contributed by atoms with Crippen molar-refractivity contribution in [3.63, 3.8) is 0 Å². The third-order valence-electron chi connectivity index (χ3n) is 25.0. The highest BCUT2D eigenvalue weighted by Gasteiger charge is 2.30. The molecule has 2 amide bonds. The molecular weight excluding hydrogens is 2000 g/mol. The standard InChI is InChI=1S/C27H27ClN2O2S.C20H19BrClNO3.C20H20BrNO3.C17H15N3O.C15H20N2O4.C14H18N2O/c1-26(2,3)19-11-16(12-20(24(19)31)27(4,5)6)13-22-30-21-15-18(28)14-17(25(21)32-22)7-8-23-29-9-10-33-23;1-24-17-7-6-12(8-18(17)25-14-4-2-3-5-14)9-19-23-16-11-13(22)10-15(21)20(16)26-19;1-23-17-10-9-13(11-18(17)24-14-5-2-3-6-14)12-19-22-16-8-4-7-15(21)20(16)25-19;21-17-14(15-5-1-2-8-18-15)10-13-4-3-9-19-16(13)20(17)11-12-6-7-12;1-20-12-7-6-10(9-17-15(19)14(16)18)8-13(12)21-11-4-2-3-5-11;1-10(2)6-8-16-13-12(5-4-7-15-13)9-11(3)14(16)17/h9-12,14-15,31H,13H2,1-6H3;6-8,10-11,14H,2-5,9H2,1H3;4,7-11,14H,2-3,5-6,12H2,1H3;1-5,8-10,12H,6-7,11H2;6-8,11H,2-5,9H2,1H3,(H2,16,18)(H,17,19);4-5,7,9-10H,6,8H2,1-3H3. The van der Waals surface area contributed by atoms with Gasteiger partial charge in [-0.05, 0) is 318 Å². The van der Waals surface area contributed by atoms with Crippen molar-refractivity contribution in [2.75, 3.05) is 21.3 Å². The largest absolute Gasteiger partial charge is 0.507 e. The lowest BCUT2D eigenvalue weighted by Crippen LogP contribution is -2.35. The van der Waals surface area contributed by atoms with Crippen LogP contribution in [0.3, 0.4) is 0 Å². The van der Waals surface area contributed by atoms with Gasteiger partial charge in [0.15, 0.2) is 73.9 Å². The van der Waals surface area contributed by atoms with E-state index in [4.69, 9.17) is 70.6 Å². The van der Waals surface area contributed by atoms with Gasteiger partial charge in [0, 0.05) is 95.4 Å². The summed E-state index contributed by atoms with van der Waals surface area (Å²) in [5.74, 6) is 12.3. The number of oxazole rings is 3. The second-order valence-corrected chi connectivity index (χ2v) is 42.1. The van der Waals surface area contributed by atoms with Crippen molar-refractivity contribution in [1.29, 1.82) is 0 Å². The van der Waals surface area contributed by atoms with Crippen molar-refractivity contribution in [2.45, 2.75) is 227 Å². The van der Waals surface area contributed by atoms with Crippen LogP contribution in [0.4, 0.5) is 0 Å². The number of primary amides is 1. The smallest absolute Gasteiger partial charge is 0.309 e. The van der Waals surface area contributed by atoms with E-state index in [1.165, 1.54) is 62.7 Å². The van der Waals surface area contributed by atoms with E-state index in [9.17, 15) is 24.3 Å². The first-order valence-electron chi connectivity index (χ1n) is 48.4. The topological polar surface area (TPSA) is 321 Å². The van der Waals surface area contributed by atoms with Crippen LogP contribution in [0.25, 0.3) is 66.6 Å². The van der Waals surface area contributed by atoms with Gasteiger partial charge in [-0.1, -0.05) is 127 Å². The van der Waals surface area contributed by atoms with Gasteiger partial charge < -0.3 is 57.8 Å². The van der Waals surface area contributed by atoms with Crippen LogP contribution in [0.15, 0.2) is 226 Å². The molecule has 16 aromatic rings. The second-order valence-electron chi connectivity index (χ2n) is 38.6. The first kappa shape index (κ1) is 104. The number of carbonyl (C=O) groups excluding carboxylic acids is 2. The number of pyridine rings is 5. The average Bonchev–Trinajstić information content (AvgIpc) is 1.18. The molecule has 0 radical (unpaired) electrons. The lowest BCUT2D eigenvalue weighted by atomic mass is 9.78. The fourth-order valence-corrected chi connectivity index (χ4v) is 19.4. The summed E-state index contributed by atoms with van der Waals surface area (Å²) in [5, 5.41) is 19.3. The van der Waals surface area contributed by atoms with Gasteiger partial charge in [-0.15, -0.1) is 11.3 Å². The maximum absolute atomic E-state index is 12.8. The molecule has 4 fully saturated rings. The van der Waals surface area contributed by atoms with Gasteiger partial charge in [0.1, 0.15) is 33.6 Å². The molecule has 143 heavy (non-hydrogen) atoms. The predicted octanol–water partition coefficient (Wildman–Crippen LogP) is 25.6. The number of aromatic nitrogens is 9. The fraction of sp³-hybridized carbons (Fsp3) is 0.354. The summed E-state index contributed by atoms with van der Waals surface area (Å²) in [6.45, 7) is 20.5. The van der Waals surface area contributed by atoms with Gasteiger partial charge in [-0.3, -0.25) is 33.3 Å². The summed E-state index contributed by atoms with van der Waals surface area (Å²) in [6, 6.07) is 51.8. The van der Waals surface area contributed by atoms with E-state index in [1.807, 2.05) is 138 Å². The Morgan fingerprint density at radius 3 is 1.52 bits per heavy atom. The van der Waals surface area contributed by atoms with Crippen LogP contribution >= 0.6 is 66.4 Å². The first-order chi connectivity index (χ1) is 68.8. The molecule has 0 unspecified atom stereocenters. The highest BCUT2D eigenvalue weighted by Crippen LogP contribution is 2.43. The van der Waals surface area contributed by atoms with Crippen LogP contribution in [0, 0.1) is 30.6 Å². The van der Waals surface area contributed by atoms with Crippen LogP contribution in [-0.2, 0) is 59.3 Å². The lowest BCUT2D eigenvalue weighted by Gasteiger charge is -2.28. The van der Waals surface area contributed by atoms with Crippen molar-refractivity contribution in [2.24, 2.45) is 17.6 Å². The number of rotatable bonds is 23. The SMILES string of the molecule is CC(C)(C)c1cc(Cc2nc3cc(Cl)cc(C#Cc4nccs4)c3o2)cc(C(C)(C)C)c1O.COc1ccc(CNC(=O)C(N)=O)cc1OC1CCCC1.COc1ccc(Cc2nc3cc(Cl)cc(Br)c3o2)cc1OC1CCCC1.COc1ccc(Cc2nc3cccc(Br)c3o2)cc1OC1CCCC1.Cc1cc2cccnc2n(CCC(C)C)c1=O.O=c1c(-c2ccccn2)cc2cccnc2n1CC1CC1. The van der Waals surface area contributed by atoms with Crippen molar-refractivity contribution in [1.82, 2.24) is 49.3 Å². The molecule has 0 bridgehead atoms. The number of ether oxygens (including phenoxy) is 6. The Labute approximate surface area is 862 Å². The molecule has 0 aliphatic heterocycles. The zero-order valence-corrected chi connectivity index (χ0v) is 88.0. The number of nitrogens with one attached hydrogen (secondary N) is 1. The molecule has 9 heterocycles. The van der Waals surface area contributed by atoms with E-state index in [0.29, 0.717) is 110 Å². The number of nitrogens with zero attached hydrogens (tertiary/aromatic N) is 9. The minimum absolute atomic E-state index is 0.00630. The lowest BCUT2D eigenvalue weighted by molar-refractivity contribution is -0.137. The number of benzene rings is 7.